The average molecular weight is 264 g/mol. The van der Waals surface area contributed by atoms with Crippen LogP contribution < -0.4 is 14.8 Å². The summed E-state index contributed by atoms with van der Waals surface area (Å²) in [6, 6.07) is 6.03. The van der Waals surface area contributed by atoms with Crippen molar-refractivity contribution >= 4 is 16.7 Å². The van der Waals surface area contributed by atoms with Crippen molar-refractivity contribution in [2.45, 2.75) is 6.42 Å². The predicted octanol–water partition coefficient (Wildman–Crippen LogP) is 1.36. The van der Waals surface area contributed by atoms with Gasteiger partial charge in [0.25, 0.3) is 0 Å². The molecule has 2 heterocycles. The fraction of sp³-hybridized carbons (Fsp3) is 0.364. The normalized spacial score (nSPS) is 13.3. The van der Waals surface area contributed by atoms with Crippen LogP contribution in [-0.2, 0) is 6.42 Å². The van der Waals surface area contributed by atoms with Crippen LogP contribution in [0.25, 0.3) is 0 Å². The number of aromatic nitrogens is 3. The van der Waals surface area contributed by atoms with E-state index in [1.165, 1.54) is 17.1 Å². The second-order valence-corrected chi connectivity index (χ2v) is 4.55. The number of hydrogen-bond donors (Lipinski definition) is 1. The molecule has 1 aromatic heterocycles. The van der Waals surface area contributed by atoms with Crippen molar-refractivity contribution < 1.29 is 9.47 Å². The average Bonchev–Trinajstić information content (AvgIpc) is 2.92. The van der Waals surface area contributed by atoms with Gasteiger partial charge < -0.3 is 14.8 Å². The summed E-state index contributed by atoms with van der Waals surface area (Å²) in [5.74, 6) is 1.66. The quantitative estimate of drug-likeness (QED) is 0.899. The summed E-state index contributed by atoms with van der Waals surface area (Å²) < 4.78 is 14.7. The van der Waals surface area contributed by atoms with E-state index in [0.29, 0.717) is 13.2 Å². The van der Waals surface area contributed by atoms with E-state index in [2.05, 4.69) is 20.1 Å². The number of rotatable bonds is 4. The van der Waals surface area contributed by atoms with Gasteiger partial charge in [-0.15, -0.1) is 0 Å². The molecule has 1 aliphatic heterocycles. The molecule has 6 nitrogen and oxygen atoms in total. The summed E-state index contributed by atoms with van der Waals surface area (Å²) in [5, 5.41) is 11.3. The highest BCUT2D eigenvalue weighted by Gasteiger charge is 2.11. The van der Waals surface area contributed by atoms with Gasteiger partial charge in [0.05, 0.1) is 0 Å². The van der Waals surface area contributed by atoms with Crippen LogP contribution in [0, 0.1) is 0 Å². The smallest absolute Gasteiger partial charge is 0.225 e. The summed E-state index contributed by atoms with van der Waals surface area (Å²) in [7, 11) is 0. The van der Waals surface area contributed by atoms with E-state index in [4.69, 9.17) is 9.47 Å². The molecule has 0 saturated heterocycles. The Morgan fingerprint density at radius 1 is 1.22 bits per heavy atom. The number of anilines is 1. The minimum absolute atomic E-state index is 0.616. The molecule has 0 radical (unpaired) electrons. The second kappa shape index (κ2) is 5.18. The first-order chi connectivity index (χ1) is 8.92. The minimum atomic E-state index is 0.616. The van der Waals surface area contributed by atoms with E-state index in [1.54, 1.807) is 0 Å². The van der Waals surface area contributed by atoms with Crippen molar-refractivity contribution in [1.29, 1.82) is 0 Å². The number of nitrogens with one attached hydrogen (secondary N) is 1. The third-order valence-electron chi connectivity index (χ3n) is 2.60. The number of fused-ring (bicyclic) bond motifs is 1. The van der Waals surface area contributed by atoms with Crippen molar-refractivity contribution in [3.05, 3.63) is 23.8 Å². The molecule has 0 spiro atoms. The molecule has 1 aliphatic rings. The SMILES string of the molecule is c1cc2c(cc1CCNc1nnns1)OCCO2. The third-order valence-corrected chi connectivity index (χ3v) is 3.15. The molecule has 0 atom stereocenters. The lowest BCUT2D eigenvalue weighted by Crippen LogP contribution is -2.15. The van der Waals surface area contributed by atoms with Gasteiger partial charge in [-0.2, -0.15) is 0 Å². The Morgan fingerprint density at radius 2 is 2.11 bits per heavy atom. The number of nitrogens with zero attached hydrogens (tertiary/aromatic N) is 3. The maximum absolute atomic E-state index is 5.54. The van der Waals surface area contributed by atoms with Crippen molar-refractivity contribution in [2.75, 3.05) is 25.1 Å². The zero-order valence-electron chi connectivity index (χ0n) is 9.63. The maximum atomic E-state index is 5.54. The third kappa shape index (κ3) is 2.51. The van der Waals surface area contributed by atoms with Crippen LogP contribution >= 0.6 is 11.5 Å². The molecule has 7 heteroatoms. The second-order valence-electron chi connectivity index (χ2n) is 3.82. The first-order valence-corrected chi connectivity index (χ1v) is 6.46. The molecule has 0 unspecified atom stereocenters. The van der Waals surface area contributed by atoms with Crippen LogP contribution in [0.1, 0.15) is 5.56 Å². The molecule has 0 saturated carbocycles. The summed E-state index contributed by atoms with van der Waals surface area (Å²) in [6.45, 7) is 2.03. The van der Waals surface area contributed by atoms with E-state index in [9.17, 15) is 0 Å². The first kappa shape index (κ1) is 11.2. The Kier molecular flexibility index (Phi) is 3.22. The molecule has 1 aromatic carbocycles. The highest BCUT2D eigenvalue weighted by Crippen LogP contribution is 2.30. The van der Waals surface area contributed by atoms with Crippen LogP contribution in [0.3, 0.4) is 0 Å². The Hall–Kier alpha value is -1.89. The molecule has 2 aromatic rings. The molecule has 0 amide bonds. The number of ether oxygens (including phenoxy) is 2. The van der Waals surface area contributed by atoms with Crippen molar-refractivity contribution in [3.63, 3.8) is 0 Å². The van der Waals surface area contributed by atoms with E-state index >= 15 is 0 Å². The summed E-state index contributed by atoms with van der Waals surface area (Å²) in [6.07, 6.45) is 0.885. The van der Waals surface area contributed by atoms with Gasteiger partial charge in [-0.25, -0.2) is 0 Å². The molecular weight excluding hydrogens is 252 g/mol. The first-order valence-electron chi connectivity index (χ1n) is 5.69. The van der Waals surface area contributed by atoms with Crippen LogP contribution in [0.4, 0.5) is 5.13 Å². The fourth-order valence-electron chi connectivity index (χ4n) is 1.76. The Labute approximate surface area is 108 Å². The van der Waals surface area contributed by atoms with E-state index in [0.717, 1.165) is 29.6 Å². The predicted molar refractivity (Wildman–Crippen MR) is 67.3 cm³/mol. The van der Waals surface area contributed by atoms with Crippen LogP contribution in [-0.4, -0.2) is 34.6 Å². The lowest BCUT2D eigenvalue weighted by Gasteiger charge is -2.18. The van der Waals surface area contributed by atoms with Gasteiger partial charge in [-0.3, -0.25) is 0 Å². The van der Waals surface area contributed by atoms with Crippen molar-refractivity contribution in [3.8, 4) is 11.5 Å². The molecule has 1 N–H and O–H groups in total. The Morgan fingerprint density at radius 3 is 2.94 bits per heavy atom. The monoisotopic (exact) mass is 264 g/mol. The molecule has 18 heavy (non-hydrogen) atoms. The van der Waals surface area contributed by atoms with E-state index in [-0.39, 0.29) is 0 Å². The fourth-order valence-corrected chi connectivity index (χ4v) is 2.15. The Bertz CT molecular complexity index is 518. The zero-order chi connectivity index (χ0) is 12.2. The van der Waals surface area contributed by atoms with Gasteiger partial charge in [0.15, 0.2) is 11.5 Å². The summed E-state index contributed by atoms with van der Waals surface area (Å²) in [4.78, 5) is 0. The van der Waals surface area contributed by atoms with Gasteiger partial charge in [-0.1, -0.05) is 15.7 Å². The number of hydrogen-bond acceptors (Lipinski definition) is 7. The lowest BCUT2D eigenvalue weighted by molar-refractivity contribution is 0.171. The van der Waals surface area contributed by atoms with Gasteiger partial charge in [0.2, 0.25) is 5.13 Å². The highest BCUT2D eigenvalue weighted by atomic mass is 32.1. The maximum Gasteiger partial charge on any atom is 0.225 e. The largest absolute Gasteiger partial charge is 0.486 e. The Balaban J connectivity index is 1.59. The molecule has 0 bridgehead atoms. The van der Waals surface area contributed by atoms with Crippen LogP contribution in [0.15, 0.2) is 18.2 Å². The molecular formula is C11H12N4O2S. The topological polar surface area (TPSA) is 69.2 Å². The standard InChI is InChI=1S/C11H12N4O2S/c1-2-9-10(17-6-5-16-9)7-8(1)3-4-12-11-13-14-15-18-11/h1-2,7H,3-6H2,(H,12,13,15). The van der Waals surface area contributed by atoms with Crippen LogP contribution in [0.5, 0.6) is 11.5 Å². The highest BCUT2D eigenvalue weighted by molar-refractivity contribution is 7.09. The van der Waals surface area contributed by atoms with Crippen molar-refractivity contribution in [2.24, 2.45) is 0 Å². The molecule has 94 valence electrons. The summed E-state index contributed by atoms with van der Waals surface area (Å²) in [5.41, 5.74) is 1.20. The number of benzene rings is 1. The minimum Gasteiger partial charge on any atom is -0.486 e. The molecule has 3 rings (SSSR count). The van der Waals surface area contributed by atoms with Gasteiger partial charge in [0.1, 0.15) is 13.2 Å². The lowest BCUT2D eigenvalue weighted by atomic mass is 10.1. The van der Waals surface area contributed by atoms with E-state index < -0.39 is 0 Å². The molecule has 0 fully saturated rings. The van der Waals surface area contributed by atoms with Gasteiger partial charge >= 0.3 is 0 Å². The zero-order valence-corrected chi connectivity index (χ0v) is 10.4. The molecule has 0 aliphatic carbocycles. The van der Waals surface area contributed by atoms with Gasteiger partial charge in [-0.05, 0) is 29.3 Å². The van der Waals surface area contributed by atoms with Crippen molar-refractivity contribution in [1.82, 2.24) is 14.8 Å². The van der Waals surface area contributed by atoms with Gasteiger partial charge in [0, 0.05) is 18.1 Å². The summed E-state index contributed by atoms with van der Waals surface area (Å²) >= 11 is 1.25. The van der Waals surface area contributed by atoms with E-state index in [1.807, 2.05) is 18.2 Å². The van der Waals surface area contributed by atoms with Crippen LogP contribution in [0.2, 0.25) is 0 Å².